The van der Waals surface area contributed by atoms with Gasteiger partial charge in [-0.3, -0.25) is 9.80 Å². The van der Waals surface area contributed by atoms with Crippen molar-refractivity contribution in [3.63, 3.8) is 0 Å². The van der Waals surface area contributed by atoms with Crippen molar-refractivity contribution in [2.75, 3.05) is 33.3 Å². The average molecular weight is 371 g/mol. The van der Waals surface area contributed by atoms with Gasteiger partial charge in [0.15, 0.2) is 0 Å². The number of ether oxygens (including phenoxy) is 1. The first-order valence-corrected chi connectivity index (χ1v) is 9.74. The fraction of sp³-hybridized carbons (Fsp3) is 0.524. The smallest absolute Gasteiger partial charge is 0.338 e. The summed E-state index contributed by atoms with van der Waals surface area (Å²) in [6, 6.07) is 7.22. The van der Waals surface area contributed by atoms with Crippen LogP contribution >= 0.6 is 0 Å². The number of carbonyl (C=O) groups excluding carboxylic acids is 2. The number of esters is 1. The zero-order valence-electron chi connectivity index (χ0n) is 16.5. The van der Waals surface area contributed by atoms with Crippen LogP contribution < -0.4 is 5.32 Å². The van der Waals surface area contributed by atoms with E-state index in [1.54, 1.807) is 18.9 Å². The van der Waals surface area contributed by atoms with E-state index in [1.807, 2.05) is 31.2 Å². The predicted octanol–water partition coefficient (Wildman–Crippen LogP) is 2.99. The maximum absolute atomic E-state index is 12.9. The summed E-state index contributed by atoms with van der Waals surface area (Å²) in [7, 11) is 1.72. The minimum atomic E-state index is -0.492. The van der Waals surface area contributed by atoms with Gasteiger partial charge in [0.05, 0.1) is 18.2 Å². The zero-order valence-corrected chi connectivity index (χ0v) is 16.5. The molecule has 0 saturated carbocycles. The van der Waals surface area contributed by atoms with E-state index < -0.39 is 6.04 Å². The summed E-state index contributed by atoms with van der Waals surface area (Å²) < 4.78 is 5.37. The minimum absolute atomic E-state index is 0.194. The van der Waals surface area contributed by atoms with Gasteiger partial charge in [-0.2, -0.15) is 0 Å². The Bertz CT molecular complexity index is 721. The molecule has 1 aromatic carbocycles. The molecule has 2 aliphatic heterocycles. The lowest BCUT2D eigenvalue weighted by atomic mass is 9.93. The first kappa shape index (κ1) is 19.4. The molecule has 2 aliphatic rings. The van der Waals surface area contributed by atoms with Crippen molar-refractivity contribution in [1.29, 1.82) is 0 Å². The van der Waals surface area contributed by atoms with Crippen LogP contribution in [0.25, 0.3) is 0 Å². The van der Waals surface area contributed by atoms with E-state index in [2.05, 4.69) is 10.2 Å². The van der Waals surface area contributed by atoms with Crippen LogP contribution in [-0.2, 0) is 9.53 Å². The van der Waals surface area contributed by atoms with Gasteiger partial charge in [-0.15, -0.1) is 0 Å². The Morgan fingerprint density at radius 2 is 1.85 bits per heavy atom. The van der Waals surface area contributed by atoms with Gasteiger partial charge in [-0.25, -0.2) is 9.59 Å². The van der Waals surface area contributed by atoms with Gasteiger partial charge in [0, 0.05) is 19.3 Å². The molecule has 0 radical (unpaired) electrons. The van der Waals surface area contributed by atoms with Gasteiger partial charge in [-0.1, -0.05) is 36.2 Å². The Hall–Kier alpha value is -2.34. The second-order valence-corrected chi connectivity index (χ2v) is 7.27. The number of aryl methyl sites for hydroxylation is 1. The van der Waals surface area contributed by atoms with Crippen molar-refractivity contribution >= 4 is 12.0 Å². The number of nitrogens with zero attached hydrogens (tertiary/aromatic N) is 2. The summed E-state index contributed by atoms with van der Waals surface area (Å²) >= 11 is 0. The molecule has 1 fully saturated rings. The van der Waals surface area contributed by atoms with Crippen molar-refractivity contribution < 1.29 is 14.3 Å². The molecule has 3 rings (SSSR count). The highest BCUT2D eigenvalue weighted by Gasteiger charge is 2.37. The van der Waals surface area contributed by atoms with Crippen molar-refractivity contribution in [1.82, 2.24) is 15.1 Å². The van der Waals surface area contributed by atoms with Gasteiger partial charge in [0.25, 0.3) is 0 Å². The first-order chi connectivity index (χ1) is 13.0. The summed E-state index contributed by atoms with van der Waals surface area (Å²) in [6.07, 6.45) is 3.54. The van der Waals surface area contributed by atoms with E-state index in [1.165, 1.54) is 6.42 Å². The number of rotatable bonds is 5. The third kappa shape index (κ3) is 4.33. The molecule has 6 heteroatoms. The van der Waals surface area contributed by atoms with E-state index in [0.29, 0.717) is 18.7 Å². The molecule has 0 aliphatic carbocycles. The van der Waals surface area contributed by atoms with Gasteiger partial charge < -0.3 is 10.1 Å². The summed E-state index contributed by atoms with van der Waals surface area (Å²) in [6.45, 7) is 6.68. The van der Waals surface area contributed by atoms with Crippen LogP contribution in [0.1, 0.15) is 43.4 Å². The molecule has 1 N–H and O–H groups in total. The van der Waals surface area contributed by atoms with Crippen LogP contribution in [0.15, 0.2) is 35.5 Å². The molecule has 0 bridgehead atoms. The number of likely N-dealkylation sites (N-methyl/N-ethyl adjacent to an activating group) is 1. The molecule has 0 spiro atoms. The van der Waals surface area contributed by atoms with Gasteiger partial charge in [-0.05, 0) is 45.3 Å². The van der Waals surface area contributed by atoms with Crippen molar-refractivity contribution in [3.8, 4) is 0 Å². The molecular weight excluding hydrogens is 342 g/mol. The molecule has 6 nitrogen and oxygen atoms in total. The number of hydrogen-bond acceptors (Lipinski definition) is 4. The van der Waals surface area contributed by atoms with Crippen molar-refractivity contribution in [2.45, 2.75) is 39.2 Å². The molecule has 2 amide bonds. The molecule has 0 unspecified atom stereocenters. The van der Waals surface area contributed by atoms with Crippen LogP contribution in [0.5, 0.6) is 0 Å². The Kier molecular flexibility index (Phi) is 6.16. The van der Waals surface area contributed by atoms with Gasteiger partial charge in [0.1, 0.15) is 0 Å². The molecular formula is C21H29N3O3. The number of nitrogens with one attached hydrogen (secondary N) is 1. The Labute approximate surface area is 161 Å². The standard InChI is InChI=1S/C21H29N3O3/c1-4-27-20(25)18-17(14-24-12-6-5-7-13-24)23(3)21(26)22-19(18)16-10-8-15(2)9-11-16/h8-11,19H,4-7,12-14H2,1-3H3,(H,22,26)/t19-/m0/s1. The van der Waals surface area contributed by atoms with Gasteiger partial charge in [0.2, 0.25) is 0 Å². The lowest BCUT2D eigenvalue weighted by Crippen LogP contribution is -2.49. The summed E-state index contributed by atoms with van der Waals surface area (Å²) in [4.78, 5) is 29.4. The minimum Gasteiger partial charge on any atom is -0.463 e. The maximum atomic E-state index is 12.9. The van der Waals surface area contributed by atoms with Crippen molar-refractivity contribution in [2.24, 2.45) is 0 Å². The fourth-order valence-corrected chi connectivity index (χ4v) is 3.74. The maximum Gasteiger partial charge on any atom is 0.338 e. The van der Waals surface area contributed by atoms with Crippen LogP contribution in [0.3, 0.4) is 0 Å². The SMILES string of the molecule is CCOC(=O)C1=C(CN2CCCCC2)N(C)C(=O)N[C@H]1c1ccc(C)cc1. The van der Waals surface area contributed by atoms with E-state index in [4.69, 9.17) is 4.74 Å². The lowest BCUT2D eigenvalue weighted by Gasteiger charge is -2.37. The Morgan fingerprint density at radius 3 is 2.48 bits per heavy atom. The number of carbonyl (C=O) groups is 2. The van der Waals surface area contributed by atoms with Crippen molar-refractivity contribution in [3.05, 3.63) is 46.7 Å². The molecule has 27 heavy (non-hydrogen) atoms. The Morgan fingerprint density at radius 1 is 1.19 bits per heavy atom. The fourth-order valence-electron chi connectivity index (χ4n) is 3.74. The monoisotopic (exact) mass is 371 g/mol. The number of hydrogen-bond donors (Lipinski definition) is 1. The average Bonchev–Trinajstić information content (AvgIpc) is 2.67. The Balaban J connectivity index is 2.03. The molecule has 0 aromatic heterocycles. The van der Waals surface area contributed by atoms with E-state index in [0.717, 1.165) is 42.8 Å². The number of urea groups is 1. The van der Waals surface area contributed by atoms with E-state index in [-0.39, 0.29) is 12.0 Å². The number of piperidine rings is 1. The highest BCUT2D eigenvalue weighted by atomic mass is 16.5. The van der Waals surface area contributed by atoms with Crippen LogP contribution in [0.4, 0.5) is 4.79 Å². The summed E-state index contributed by atoms with van der Waals surface area (Å²) in [5.74, 6) is -0.359. The molecule has 1 saturated heterocycles. The number of likely N-dealkylation sites (tertiary alicyclic amines) is 1. The third-order valence-electron chi connectivity index (χ3n) is 5.30. The number of benzene rings is 1. The largest absolute Gasteiger partial charge is 0.463 e. The summed E-state index contributed by atoms with van der Waals surface area (Å²) in [5, 5.41) is 2.97. The highest BCUT2D eigenvalue weighted by molar-refractivity contribution is 5.95. The van der Waals surface area contributed by atoms with Crippen LogP contribution in [0, 0.1) is 6.92 Å². The molecule has 1 aromatic rings. The second-order valence-electron chi connectivity index (χ2n) is 7.27. The molecule has 146 valence electrons. The highest BCUT2D eigenvalue weighted by Crippen LogP contribution is 2.32. The normalized spacial score (nSPS) is 21.2. The van der Waals surface area contributed by atoms with Crippen LogP contribution in [-0.4, -0.2) is 55.1 Å². The quantitative estimate of drug-likeness (QED) is 0.809. The van der Waals surface area contributed by atoms with Gasteiger partial charge >= 0.3 is 12.0 Å². The second kappa shape index (κ2) is 8.57. The zero-order chi connectivity index (χ0) is 19.4. The predicted molar refractivity (Wildman–Crippen MR) is 104 cm³/mol. The summed E-state index contributed by atoms with van der Waals surface area (Å²) in [5.41, 5.74) is 3.30. The molecule has 1 atom stereocenters. The first-order valence-electron chi connectivity index (χ1n) is 9.74. The van der Waals surface area contributed by atoms with E-state index in [9.17, 15) is 9.59 Å². The number of amides is 2. The topological polar surface area (TPSA) is 61.9 Å². The molecule has 2 heterocycles. The lowest BCUT2D eigenvalue weighted by molar-refractivity contribution is -0.139. The van der Waals surface area contributed by atoms with Crippen LogP contribution in [0.2, 0.25) is 0 Å². The third-order valence-corrected chi connectivity index (χ3v) is 5.30. The van der Waals surface area contributed by atoms with E-state index >= 15 is 0 Å².